The van der Waals surface area contributed by atoms with Crippen molar-refractivity contribution in [2.24, 2.45) is 5.73 Å². The molecule has 0 aliphatic rings. The van der Waals surface area contributed by atoms with E-state index in [0.717, 1.165) is 0 Å². The number of nitrogens with two attached hydrogens (primary N) is 1. The molecule has 0 fully saturated rings. The highest BCUT2D eigenvalue weighted by Crippen LogP contribution is 2.11. The van der Waals surface area contributed by atoms with E-state index in [1.807, 2.05) is 12.1 Å². The van der Waals surface area contributed by atoms with Gasteiger partial charge in [-0.05, 0) is 23.8 Å². The zero-order valence-electron chi connectivity index (χ0n) is 10.4. The van der Waals surface area contributed by atoms with E-state index in [9.17, 15) is 4.39 Å². The third kappa shape index (κ3) is 5.19. The van der Waals surface area contributed by atoms with Gasteiger partial charge in [-0.2, -0.15) is 10.5 Å². The first kappa shape index (κ1) is 14.7. The molecule has 1 rings (SSSR count). The Bertz CT molecular complexity index is 556. The molecule has 4 nitrogen and oxygen atoms in total. The molecule has 0 amide bonds. The van der Waals surface area contributed by atoms with Gasteiger partial charge in [-0.15, -0.1) is 0 Å². The Hall–Kier alpha value is -2.39. The van der Waals surface area contributed by atoms with E-state index in [1.165, 1.54) is 12.1 Å². The molecule has 0 heterocycles. The van der Waals surface area contributed by atoms with E-state index in [0.29, 0.717) is 17.7 Å². The van der Waals surface area contributed by atoms with E-state index in [1.54, 1.807) is 11.0 Å². The maximum Gasteiger partial charge on any atom is 0.124 e. The molecule has 5 heteroatoms. The second-order valence-corrected chi connectivity index (χ2v) is 3.82. The Morgan fingerprint density at radius 1 is 1.16 bits per heavy atom. The van der Waals surface area contributed by atoms with E-state index in [4.69, 9.17) is 16.3 Å². The van der Waals surface area contributed by atoms with Crippen molar-refractivity contribution < 1.29 is 4.39 Å². The fourth-order valence-corrected chi connectivity index (χ4v) is 1.59. The molecule has 0 aliphatic carbocycles. The van der Waals surface area contributed by atoms with Crippen LogP contribution in [0.3, 0.4) is 0 Å². The highest BCUT2D eigenvalue weighted by atomic mass is 19.1. The smallest absolute Gasteiger partial charge is 0.124 e. The van der Waals surface area contributed by atoms with Gasteiger partial charge in [0.1, 0.15) is 5.82 Å². The highest BCUT2D eigenvalue weighted by Gasteiger charge is 2.07. The van der Waals surface area contributed by atoms with Gasteiger partial charge in [-0.25, -0.2) is 4.39 Å². The van der Waals surface area contributed by atoms with Gasteiger partial charge in [0.25, 0.3) is 0 Å². The van der Waals surface area contributed by atoms with Crippen molar-refractivity contribution in [1.29, 1.82) is 10.5 Å². The Kier molecular flexibility index (Phi) is 6.06. The van der Waals surface area contributed by atoms with Crippen molar-refractivity contribution in [2.45, 2.75) is 6.54 Å². The predicted octanol–water partition coefficient (Wildman–Crippen LogP) is 0.985. The fourth-order valence-electron chi connectivity index (χ4n) is 1.59. The number of benzene rings is 1. The topological polar surface area (TPSA) is 76.8 Å². The Morgan fingerprint density at radius 2 is 1.84 bits per heavy atom. The molecule has 0 unspecified atom stereocenters. The van der Waals surface area contributed by atoms with Gasteiger partial charge in [0.2, 0.25) is 0 Å². The van der Waals surface area contributed by atoms with Gasteiger partial charge in [0, 0.05) is 12.1 Å². The first-order valence-corrected chi connectivity index (χ1v) is 5.64. The lowest BCUT2D eigenvalue weighted by Crippen LogP contribution is -2.24. The molecule has 19 heavy (non-hydrogen) atoms. The first-order chi connectivity index (χ1) is 9.19. The molecular weight excluding hydrogens is 243 g/mol. The van der Waals surface area contributed by atoms with Gasteiger partial charge in [-0.3, -0.25) is 4.90 Å². The monoisotopic (exact) mass is 256 g/mol. The number of hydrogen-bond donors (Lipinski definition) is 1. The number of halogens is 1. The molecule has 0 saturated carbocycles. The molecule has 0 aromatic heterocycles. The summed E-state index contributed by atoms with van der Waals surface area (Å²) in [5, 5.41) is 17.3. The lowest BCUT2D eigenvalue weighted by Gasteiger charge is -2.15. The van der Waals surface area contributed by atoms with Gasteiger partial charge < -0.3 is 5.73 Å². The number of hydrogen-bond acceptors (Lipinski definition) is 4. The van der Waals surface area contributed by atoms with Gasteiger partial charge in [-0.1, -0.05) is 11.8 Å². The Labute approximate surface area is 111 Å². The SMILES string of the molecule is N#CCN(CC#N)Cc1cc(F)cc(C#CCN)c1. The summed E-state index contributed by atoms with van der Waals surface area (Å²) < 4.78 is 13.4. The molecule has 0 radical (unpaired) electrons. The van der Waals surface area contributed by atoms with E-state index in [-0.39, 0.29) is 19.6 Å². The van der Waals surface area contributed by atoms with Crippen LogP contribution in [0.4, 0.5) is 4.39 Å². The molecule has 1 aromatic carbocycles. The second kappa shape index (κ2) is 7.84. The van der Waals surface area contributed by atoms with Crippen molar-refractivity contribution in [2.75, 3.05) is 19.6 Å². The predicted molar refractivity (Wildman–Crippen MR) is 68.8 cm³/mol. The molecule has 0 saturated heterocycles. The third-order valence-electron chi connectivity index (χ3n) is 2.29. The van der Waals surface area contributed by atoms with Crippen LogP contribution in [0.25, 0.3) is 0 Å². The summed E-state index contributed by atoms with van der Waals surface area (Å²) in [7, 11) is 0. The second-order valence-electron chi connectivity index (χ2n) is 3.82. The van der Waals surface area contributed by atoms with Crippen LogP contribution >= 0.6 is 0 Å². The number of nitriles is 2. The summed E-state index contributed by atoms with van der Waals surface area (Å²) in [5.74, 6) is 5.02. The molecule has 0 bridgehead atoms. The Morgan fingerprint density at radius 3 is 2.42 bits per heavy atom. The summed E-state index contributed by atoms with van der Waals surface area (Å²) in [6.07, 6.45) is 0. The van der Waals surface area contributed by atoms with Crippen LogP contribution in [0.15, 0.2) is 18.2 Å². The van der Waals surface area contributed by atoms with Crippen LogP contribution in [0.5, 0.6) is 0 Å². The van der Waals surface area contributed by atoms with E-state index < -0.39 is 5.82 Å². The van der Waals surface area contributed by atoms with Gasteiger partial charge in [0.05, 0.1) is 31.8 Å². The largest absolute Gasteiger partial charge is 0.320 e. The maximum absolute atomic E-state index is 13.4. The third-order valence-corrected chi connectivity index (χ3v) is 2.29. The highest BCUT2D eigenvalue weighted by molar-refractivity contribution is 5.38. The van der Waals surface area contributed by atoms with Crippen molar-refractivity contribution in [3.05, 3.63) is 35.1 Å². The number of nitrogens with zero attached hydrogens (tertiary/aromatic N) is 3. The lowest BCUT2D eigenvalue weighted by molar-refractivity contribution is 0.334. The van der Waals surface area contributed by atoms with Crippen molar-refractivity contribution in [1.82, 2.24) is 4.90 Å². The summed E-state index contributed by atoms with van der Waals surface area (Å²) >= 11 is 0. The van der Waals surface area contributed by atoms with Crippen LogP contribution in [0.2, 0.25) is 0 Å². The summed E-state index contributed by atoms with van der Waals surface area (Å²) in [5.41, 5.74) is 6.47. The van der Waals surface area contributed by atoms with Crippen molar-refractivity contribution in [3.63, 3.8) is 0 Å². The molecule has 0 spiro atoms. The maximum atomic E-state index is 13.4. The molecule has 0 atom stereocenters. The van der Waals surface area contributed by atoms with E-state index in [2.05, 4.69) is 11.8 Å². The zero-order valence-corrected chi connectivity index (χ0v) is 10.4. The average molecular weight is 256 g/mol. The van der Waals surface area contributed by atoms with Gasteiger partial charge >= 0.3 is 0 Å². The minimum atomic E-state index is -0.396. The molecular formula is C14H13FN4. The summed E-state index contributed by atoms with van der Waals surface area (Å²) in [4.78, 5) is 1.62. The molecule has 1 aromatic rings. The van der Waals surface area contributed by atoms with Crippen LogP contribution in [0, 0.1) is 40.3 Å². The normalized spacial score (nSPS) is 9.32. The fraction of sp³-hybridized carbons (Fsp3) is 0.286. The molecule has 2 N–H and O–H groups in total. The average Bonchev–Trinajstić information content (AvgIpc) is 2.36. The standard InChI is InChI=1S/C14H13FN4/c15-14-9-12(2-1-3-16)8-13(10-14)11-19(6-4-17)7-5-18/h8-10H,3,6-7,11,16H2. The van der Waals surface area contributed by atoms with Crippen LogP contribution in [0.1, 0.15) is 11.1 Å². The summed E-state index contributed by atoms with van der Waals surface area (Å²) in [6.45, 7) is 0.777. The minimum absolute atomic E-state index is 0.119. The van der Waals surface area contributed by atoms with Crippen molar-refractivity contribution in [3.8, 4) is 24.0 Å². The first-order valence-electron chi connectivity index (χ1n) is 5.64. The van der Waals surface area contributed by atoms with Gasteiger partial charge in [0.15, 0.2) is 0 Å². The van der Waals surface area contributed by atoms with Crippen LogP contribution in [-0.4, -0.2) is 24.5 Å². The van der Waals surface area contributed by atoms with Crippen LogP contribution < -0.4 is 5.73 Å². The Balaban J connectivity index is 2.91. The molecule has 96 valence electrons. The van der Waals surface area contributed by atoms with E-state index >= 15 is 0 Å². The lowest BCUT2D eigenvalue weighted by atomic mass is 10.1. The quantitative estimate of drug-likeness (QED) is 0.643. The zero-order chi connectivity index (χ0) is 14.1. The molecule has 0 aliphatic heterocycles. The number of rotatable bonds is 4. The summed E-state index contributed by atoms with van der Waals surface area (Å²) in [6, 6.07) is 8.37. The van der Waals surface area contributed by atoms with Crippen molar-refractivity contribution >= 4 is 0 Å². The van der Waals surface area contributed by atoms with Crippen LogP contribution in [-0.2, 0) is 6.54 Å². The minimum Gasteiger partial charge on any atom is -0.320 e.